The molecule has 1 saturated heterocycles. The molecular weight excluding hydrogens is 244 g/mol. The fraction of sp³-hybridized carbons (Fsp3) is 0.667. The molecule has 1 aromatic rings. The number of rotatable bonds is 7. The number of nitrogens with zero attached hydrogens (tertiary/aromatic N) is 1. The fourth-order valence-corrected chi connectivity index (χ4v) is 2.98. The van der Waals surface area contributed by atoms with Crippen molar-refractivity contribution in [3.8, 4) is 0 Å². The Morgan fingerprint density at radius 1 is 1.05 bits per heavy atom. The van der Waals surface area contributed by atoms with Gasteiger partial charge in [-0.05, 0) is 55.9 Å². The van der Waals surface area contributed by atoms with Gasteiger partial charge in [-0.2, -0.15) is 0 Å². The van der Waals surface area contributed by atoms with Crippen molar-refractivity contribution in [3.05, 3.63) is 35.4 Å². The second kappa shape index (κ2) is 8.43. The Morgan fingerprint density at radius 3 is 2.30 bits per heavy atom. The third-order valence-corrected chi connectivity index (χ3v) is 4.47. The lowest BCUT2D eigenvalue weighted by molar-refractivity contribution is 0.175. The third-order valence-electron chi connectivity index (χ3n) is 4.47. The predicted octanol–water partition coefficient (Wildman–Crippen LogP) is 3.81. The lowest BCUT2D eigenvalue weighted by atomic mass is 9.94. The van der Waals surface area contributed by atoms with Gasteiger partial charge in [0.2, 0.25) is 0 Å². The van der Waals surface area contributed by atoms with E-state index in [0.717, 1.165) is 25.6 Å². The molecule has 2 heteroatoms. The number of hydrogen-bond donors (Lipinski definition) is 1. The zero-order valence-corrected chi connectivity index (χ0v) is 13.2. The summed E-state index contributed by atoms with van der Waals surface area (Å²) in [5.41, 5.74) is 2.85. The average Bonchev–Trinajstić information content (AvgIpc) is 2.50. The van der Waals surface area contributed by atoms with E-state index in [0.29, 0.717) is 0 Å². The van der Waals surface area contributed by atoms with Crippen LogP contribution in [0.2, 0.25) is 0 Å². The van der Waals surface area contributed by atoms with Crippen LogP contribution in [0.3, 0.4) is 0 Å². The standard InChI is InChI=1S/C18H30N2/c1-3-11-19-14-17-5-7-18(8-6-17)15-20-12-9-16(4-2)10-13-20/h5-8,16,19H,3-4,9-15H2,1-2H3. The number of hydrogen-bond acceptors (Lipinski definition) is 2. The van der Waals surface area contributed by atoms with Crippen LogP contribution in [-0.4, -0.2) is 24.5 Å². The van der Waals surface area contributed by atoms with Crippen molar-refractivity contribution in [2.45, 2.75) is 52.6 Å². The van der Waals surface area contributed by atoms with E-state index in [1.165, 1.54) is 49.9 Å². The molecule has 2 rings (SSSR count). The van der Waals surface area contributed by atoms with Gasteiger partial charge in [0, 0.05) is 13.1 Å². The molecule has 0 atom stereocenters. The van der Waals surface area contributed by atoms with Gasteiger partial charge in [0.15, 0.2) is 0 Å². The first kappa shape index (κ1) is 15.5. The van der Waals surface area contributed by atoms with Crippen molar-refractivity contribution in [2.75, 3.05) is 19.6 Å². The molecule has 1 aromatic carbocycles. The van der Waals surface area contributed by atoms with E-state index in [1.54, 1.807) is 0 Å². The highest BCUT2D eigenvalue weighted by atomic mass is 15.1. The number of benzene rings is 1. The van der Waals surface area contributed by atoms with E-state index in [2.05, 4.69) is 48.3 Å². The summed E-state index contributed by atoms with van der Waals surface area (Å²) in [7, 11) is 0. The summed E-state index contributed by atoms with van der Waals surface area (Å²) in [6, 6.07) is 9.15. The van der Waals surface area contributed by atoms with Gasteiger partial charge in [-0.15, -0.1) is 0 Å². The molecular formula is C18H30N2. The molecule has 0 saturated carbocycles. The van der Waals surface area contributed by atoms with Crippen molar-refractivity contribution in [1.82, 2.24) is 10.2 Å². The molecule has 0 amide bonds. The molecule has 1 fully saturated rings. The molecule has 1 aliphatic heterocycles. The molecule has 1 aliphatic rings. The number of piperidine rings is 1. The summed E-state index contributed by atoms with van der Waals surface area (Å²) in [5.74, 6) is 0.971. The van der Waals surface area contributed by atoms with Gasteiger partial charge in [-0.1, -0.05) is 44.5 Å². The van der Waals surface area contributed by atoms with Crippen LogP contribution < -0.4 is 5.32 Å². The van der Waals surface area contributed by atoms with Crippen LogP contribution in [0.4, 0.5) is 0 Å². The van der Waals surface area contributed by atoms with E-state index in [-0.39, 0.29) is 0 Å². The molecule has 0 aliphatic carbocycles. The topological polar surface area (TPSA) is 15.3 Å². The van der Waals surface area contributed by atoms with Crippen LogP contribution in [0.25, 0.3) is 0 Å². The molecule has 112 valence electrons. The minimum absolute atomic E-state index is 0.971. The van der Waals surface area contributed by atoms with Crippen molar-refractivity contribution in [3.63, 3.8) is 0 Å². The highest BCUT2D eigenvalue weighted by molar-refractivity contribution is 5.22. The zero-order chi connectivity index (χ0) is 14.2. The summed E-state index contributed by atoms with van der Waals surface area (Å²) >= 11 is 0. The maximum absolute atomic E-state index is 3.45. The highest BCUT2D eigenvalue weighted by Crippen LogP contribution is 2.21. The largest absolute Gasteiger partial charge is 0.313 e. The van der Waals surface area contributed by atoms with E-state index < -0.39 is 0 Å². The first-order valence-corrected chi connectivity index (χ1v) is 8.32. The van der Waals surface area contributed by atoms with Gasteiger partial charge < -0.3 is 5.32 Å². The molecule has 0 bridgehead atoms. The normalized spacial score (nSPS) is 17.5. The molecule has 0 aromatic heterocycles. The minimum atomic E-state index is 0.971. The molecule has 0 spiro atoms. The second-order valence-electron chi connectivity index (χ2n) is 6.12. The number of likely N-dealkylation sites (tertiary alicyclic amines) is 1. The summed E-state index contributed by atoms with van der Waals surface area (Å²) in [5, 5.41) is 3.45. The molecule has 2 nitrogen and oxygen atoms in total. The average molecular weight is 274 g/mol. The van der Waals surface area contributed by atoms with Crippen LogP contribution in [0.15, 0.2) is 24.3 Å². The Labute approximate surface area is 124 Å². The summed E-state index contributed by atoms with van der Waals surface area (Å²) in [6.45, 7) is 10.3. The van der Waals surface area contributed by atoms with Crippen LogP contribution in [-0.2, 0) is 13.1 Å². The molecule has 1 heterocycles. The Hall–Kier alpha value is -0.860. The maximum atomic E-state index is 3.45. The smallest absolute Gasteiger partial charge is 0.0233 e. The fourth-order valence-electron chi connectivity index (χ4n) is 2.98. The minimum Gasteiger partial charge on any atom is -0.313 e. The SMILES string of the molecule is CCCNCc1ccc(CN2CCC(CC)CC2)cc1. The van der Waals surface area contributed by atoms with E-state index in [4.69, 9.17) is 0 Å². The van der Waals surface area contributed by atoms with Crippen LogP contribution >= 0.6 is 0 Å². The highest BCUT2D eigenvalue weighted by Gasteiger charge is 2.17. The monoisotopic (exact) mass is 274 g/mol. The summed E-state index contributed by atoms with van der Waals surface area (Å²) in [4.78, 5) is 2.61. The Bertz CT molecular complexity index is 364. The first-order valence-electron chi connectivity index (χ1n) is 8.32. The van der Waals surface area contributed by atoms with Crippen LogP contribution in [0, 0.1) is 5.92 Å². The van der Waals surface area contributed by atoms with Gasteiger partial charge in [0.05, 0.1) is 0 Å². The van der Waals surface area contributed by atoms with Crippen molar-refractivity contribution in [2.24, 2.45) is 5.92 Å². The number of nitrogens with one attached hydrogen (secondary N) is 1. The van der Waals surface area contributed by atoms with Crippen LogP contribution in [0.1, 0.15) is 50.7 Å². The summed E-state index contributed by atoms with van der Waals surface area (Å²) in [6.07, 6.45) is 5.32. The lowest BCUT2D eigenvalue weighted by Crippen LogP contribution is -2.32. The molecule has 1 N–H and O–H groups in total. The van der Waals surface area contributed by atoms with Gasteiger partial charge in [-0.3, -0.25) is 4.90 Å². The van der Waals surface area contributed by atoms with E-state index >= 15 is 0 Å². The third kappa shape index (κ3) is 4.92. The molecule has 0 radical (unpaired) electrons. The Morgan fingerprint density at radius 2 is 1.70 bits per heavy atom. The zero-order valence-electron chi connectivity index (χ0n) is 13.2. The summed E-state index contributed by atoms with van der Waals surface area (Å²) < 4.78 is 0. The second-order valence-corrected chi connectivity index (χ2v) is 6.12. The van der Waals surface area contributed by atoms with Gasteiger partial charge >= 0.3 is 0 Å². The predicted molar refractivity (Wildman–Crippen MR) is 86.7 cm³/mol. The van der Waals surface area contributed by atoms with Crippen molar-refractivity contribution in [1.29, 1.82) is 0 Å². The van der Waals surface area contributed by atoms with Gasteiger partial charge in [0.1, 0.15) is 0 Å². The van der Waals surface area contributed by atoms with Gasteiger partial charge in [-0.25, -0.2) is 0 Å². The quantitative estimate of drug-likeness (QED) is 0.761. The molecule has 20 heavy (non-hydrogen) atoms. The Kier molecular flexibility index (Phi) is 6.55. The van der Waals surface area contributed by atoms with Crippen molar-refractivity contribution >= 4 is 0 Å². The lowest BCUT2D eigenvalue weighted by Gasteiger charge is -2.31. The Balaban J connectivity index is 1.76. The van der Waals surface area contributed by atoms with Gasteiger partial charge in [0.25, 0.3) is 0 Å². The maximum Gasteiger partial charge on any atom is 0.0233 e. The van der Waals surface area contributed by atoms with Crippen molar-refractivity contribution < 1.29 is 0 Å². The first-order chi connectivity index (χ1) is 9.81. The van der Waals surface area contributed by atoms with E-state index in [9.17, 15) is 0 Å². The van der Waals surface area contributed by atoms with E-state index in [1.807, 2.05) is 0 Å². The van der Waals surface area contributed by atoms with Crippen LogP contribution in [0.5, 0.6) is 0 Å². The molecule has 0 unspecified atom stereocenters.